The predicted molar refractivity (Wildman–Crippen MR) is 114 cm³/mol. The number of anilines is 3. The molecule has 0 spiro atoms. The van der Waals surface area contributed by atoms with Crippen molar-refractivity contribution in [1.82, 2.24) is 4.98 Å². The third-order valence-electron chi connectivity index (χ3n) is 4.04. The van der Waals surface area contributed by atoms with E-state index in [0.717, 1.165) is 17.1 Å². The van der Waals surface area contributed by atoms with Crippen LogP contribution >= 0.6 is 0 Å². The zero-order valence-electron chi connectivity index (χ0n) is 16.6. The van der Waals surface area contributed by atoms with E-state index in [1.807, 2.05) is 38.1 Å². The molecular formula is C23H23N3O3. The van der Waals surface area contributed by atoms with Crippen molar-refractivity contribution in [3.8, 4) is 5.75 Å². The highest BCUT2D eigenvalue weighted by Crippen LogP contribution is 2.19. The molecule has 6 nitrogen and oxygen atoms in total. The van der Waals surface area contributed by atoms with Gasteiger partial charge in [-0.3, -0.25) is 9.59 Å². The van der Waals surface area contributed by atoms with Crippen LogP contribution in [0, 0.1) is 0 Å². The zero-order chi connectivity index (χ0) is 20.8. The van der Waals surface area contributed by atoms with Gasteiger partial charge < -0.3 is 15.4 Å². The van der Waals surface area contributed by atoms with Crippen LogP contribution in [-0.4, -0.2) is 22.8 Å². The van der Waals surface area contributed by atoms with E-state index in [-0.39, 0.29) is 17.8 Å². The van der Waals surface area contributed by atoms with Gasteiger partial charge in [0.05, 0.1) is 18.0 Å². The minimum atomic E-state index is -0.298. The number of benzene rings is 2. The van der Waals surface area contributed by atoms with Crippen molar-refractivity contribution in [3.63, 3.8) is 0 Å². The third-order valence-corrected chi connectivity index (χ3v) is 4.04. The summed E-state index contributed by atoms with van der Waals surface area (Å²) in [4.78, 5) is 28.1. The van der Waals surface area contributed by atoms with E-state index in [2.05, 4.69) is 15.6 Å². The van der Waals surface area contributed by atoms with E-state index in [4.69, 9.17) is 4.74 Å². The highest BCUT2D eigenvalue weighted by Gasteiger charge is 2.09. The van der Waals surface area contributed by atoms with Gasteiger partial charge in [-0.05, 0) is 69.3 Å². The molecule has 1 aromatic heterocycles. The molecule has 6 heteroatoms. The number of amides is 1. The molecule has 0 atom stereocenters. The largest absolute Gasteiger partial charge is 0.491 e. The number of nitrogens with one attached hydrogen (secondary N) is 2. The lowest BCUT2D eigenvalue weighted by Gasteiger charge is -2.11. The van der Waals surface area contributed by atoms with Crippen molar-refractivity contribution >= 4 is 28.8 Å². The molecule has 0 aliphatic carbocycles. The number of Topliss-reactive ketones (excluding diaryl/α,β-unsaturated/α-hetero) is 1. The lowest BCUT2D eigenvalue weighted by molar-refractivity contribution is 0.101. The molecule has 0 radical (unpaired) electrons. The first-order valence-corrected chi connectivity index (χ1v) is 9.33. The summed E-state index contributed by atoms with van der Waals surface area (Å²) in [6.45, 7) is 5.44. The molecule has 0 aliphatic rings. The molecule has 2 N–H and O–H groups in total. The van der Waals surface area contributed by atoms with Crippen LogP contribution in [0.5, 0.6) is 5.75 Å². The maximum atomic E-state index is 12.4. The number of ketones is 1. The average Bonchev–Trinajstić information content (AvgIpc) is 2.70. The summed E-state index contributed by atoms with van der Waals surface area (Å²) in [5.74, 6) is 0.454. The third kappa shape index (κ3) is 5.65. The van der Waals surface area contributed by atoms with Gasteiger partial charge in [0.25, 0.3) is 5.91 Å². The van der Waals surface area contributed by atoms with Crippen LogP contribution in [0.2, 0.25) is 0 Å². The molecule has 0 saturated heterocycles. The average molecular weight is 389 g/mol. The molecule has 0 aliphatic heterocycles. The SMILES string of the molecule is CC(=O)c1cccc(Nc2ccc(C(=O)Nc3ccc(OC(C)C)cc3)nc2)c1. The van der Waals surface area contributed by atoms with E-state index in [9.17, 15) is 9.59 Å². The number of hydrogen-bond donors (Lipinski definition) is 2. The second kappa shape index (κ2) is 9.01. The molecule has 0 fully saturated rings. The van der Waals surface area contributed by atoms with Crippen LogP contribution < -0.4 is 15.4 Å². The minimum Gasteiger partial charge on any atom is -0.491 e. The second-order valence-corrected chi connectivity index (χ2v) is 6.84. The molecule has 148 valence electrons. The molecule has 0 unspecified atom stereocenters. The molecule has 3 rings (SSSR count). The summed E-state index contributed by atoms with van der Waals surface area (Å²) >= 11 is 0. The number of aromatic nitrogens is 1. The molecule has 0 saturated carbocycles. The normalized spacial score (nSPS) is 10.5. The highest BCUT2D eigenvalue weighted by atomic mass is 16.5. The van der Waals surface area contributed by atoms with E-state index in [1.165, 1.54) is 6.92 Å². The summed E-state index contributed by atoms with van der Waals surface area (Å²) in [5.41, 5.74) is 3.09. The Balaban J connectivity index is 1.63. The molecule has 2 aromatic carbocycles. The van der Waals surface area contributed by atoms with Crippen LogP contribution in [0.1, 0.15) is 41.6 Å². The fourth-order valence-corrected chi connectivity index (χ4v) is 2.67. The number of carbonyl (C=O) groups is 2. The standard InChI is InChI=1S/C23H23N3O3/c1-15(2)29-21-10-7-18(8-11-21)26-23(28)22-12-9-20(14-24-22)25-19-6-4-5-17(13-19)16(3)27/h4-15,25H,1-3H3,(H,26,28). The Labute approximate surface area is 169 Å². The summed E-state index contributed by atoms with van der Waals surface area (Å²) < 4.78 is 5.59. The van der Waals surface area contributed by atoms with Gasteiger partial charge in [-0.25, -0.2) is 4.98 Å². The summed E-state index contributed by atoms with van der Waals surface area (Å²) in [6, 6.07) is 17.8. The van der Waals surface area contributed by atoms with Crippen LogP contribution in [0.25, 0.3) is 0 Å². The smallest absolute Gasteiger partial charge is 0.274 e. The molecule has 3 aromatic rings. The minimum absolute atomic E-state index is 0.00240. The van der Waals surface area contributed by atoms with Gasteiger partial charge in [-0.15, -0.1) is 0 Å². The first-order chi connectivity index (χ1) is 13.9. The van der Waals surface area contributed by atoms with Crippen molar-refractivity contribution in [2.45, 2.75) is 26.9 Å². The predicted octanol–water partition coefficient (Wildman–Crippen LogP) is 5.07. The fraction of sp³-hybridized carbons (Fsp3) is 0.174. The lowest BCUT2D eigenvalue weighted by atomic mass is 10.1. The zero-order valence-corrected chi connectivity index (χ0v) is 16.6. The Hall–Kier alpha value is -3.67. The number of hydrogen-bond acceptors (Lipinski definition) is 5. The number of pyridine rings is 1. The van der Waals surface area contributed by atoms with Crippen LogP contribution in [0.3, 0.4) is 0 Å². The van der Waals surface area contributed by atoms with Crippen LogP contribution in [-0.2, 0) is 0 Å². The Morgan fingerprint density at radius 3 is 2.28 bits per heavy atom. The molecule has 1 amide bonds. The van der Waals surface area contributed by atoms with Crippen molar-refractivity contribution in [1.29, 1.82) is 0 Å². The Bertz CT molecular complexity index is 997. The van der Waals surface area contributed by atoms with Crippen molar-refractivity contribution in [2.75, 3.05) is 10.6 Å². The molecule has 1 heterocycles. The van der Waals surface area contributed by atoms with Gasteiger partial charge in [0.15, 0.2) is 5.78 Å². The summed E-state index contributed by atoms with van der Waals surface area (Å²) in [5, 5.41) is 5.99. The van der Waals surface area contributed by atoms with E-state index >= 15 is 0 Å². The van der Waals surface area contributed by atoms with Gasteiger partial charge in [-0.2, -0.15) is 0 Å². The van der Waals surface area contributed by atoms with Crippen molar-refractivity contribution < 1.29 is 14.3 Å². The van der Waals surface area contributed by atoms with Crippen LogP contribution in [0.15, 0.2) is 66.9 Å². The monoisotopic (exact) mass is 389 g/mol. The summed E-state index contributed by atoms with van der Waals surface area (Å²) in [6.07, 6.45) is 1.67. The van der Waals surface area contributed by atoms with Gasteiger partial charge in [0.2, 0.25) is 0 Å². The number of rotatable bonds is 7. The fourth-order valence-electron chi connectivity index (χ4n) is 2.67. The molecule has 0 bridgehead atoms. The number of carbonyl (C=O) groups excluding carboxylic acids is 2. The van der Waals surface area contributed by atoms with Crippen molar-refractivity contribution in [2.24, 2.45) is 0 Å². The topological polar surface area (TPSA) is 80.3 Å². The van der Waals surface area contributed by atoms with Gasteiger partial charge in [0, 0.05) is 16.9 Å². The van der Waals surface area contributed by atoms with Gasteiger partial charge in [0.1, 0.15) is 11.4 Å². The van der Waals surface area contributed by atoms with E-state index in [0.29, 0.717) is 16.9 Å². The Morgan fingerprint density at radius 1 is 0.931 bits per heavy atom. The second-order valence-electron chi connectivity index (χ2n) is 6.84. The number of nitrogens with zero attached hydrogens (tertiary/aromatic N) is 1. The van der Waals surface area contributed by atoms with E-state index in [1.54, 1.807) is 42.6 Å². The number of ether oxygens (including phenoxy) is 1. The summed E-state index contributed by atoms with van der Waals surface area (Å²) in [7, 11) is 0. The Kier molecular flexibility index (Phi) is 6.24. The van der Waals surface area contributed by atoms with Crippen molar-refractivity contribution in [3.05, 3.63) is 78.1 Å². The quantitative estimate of drug-likeness (QED) is 0.552. The maximum Gasteiger partial charge on any atom is 0.274 e. The highest BCUT2D eigenvalue weighted by molar-refractivity contribution is 6.03. The maximum absolute atomic E-state index is 12.4. The van der Waals surface area contributed by atoms with E-state index < -0.39 is 0 Å². The van der Waals surface area contributed by atoms with Gasteiger partial charge in [-0.1, -0.05) is 12.1 Å². The molecular weight excluding hydrogens is 366 g/mol. The van der Waals surface area contributed by atoms with Crippen LogP contribution in [0.4, 0.5) is 17.1 Å². The lowest BCUT2D eigenvalue weighted by Crippen LogP contribution is -2.13. The van der Waals surface area contributed by atoms with Gasteiger partial charge >= 0.3 is 0 Å². The molecule has 29 heavy (non-hydrogen) atoms. The first kappa shape index (κ1) is 20.1. The Morgan fingerprint density at radius 2 is 1.66 bits per heavy atom. The first-order valence-electron chi connectivity index (χ1n) is 9.33.